The van der Waals surface area contributed by atoms with Crippen molar-refractivity contribution in [3.05, 3.63) is 212 Å². The molecule has 0 bridgehead atoms. The Balaban J connectivity index is 1.34. The first kappa shape index (κ1) is 30.6. The van der Waals surface area contributed by atoms with Crippen molar-refractivity contribution in [3.8, 4) is 11.1 Å². The lowest BCUT2D eigenvalue weighted by Gasteiger charge is -2.35. The Kier molecular flexibility index (Phi) is 7.88. The molecule has 0 radical (unpaired) electrons. The largest absolute Gasteiger partial charge is 0.456 e. The lowest BCUT2D eigenvalue weighted by Crippen LogP contribution is -2.74. The summed E-state index contributed by atoms with van der Waals surface area (Å²) < 4.78 is 6.61. The monoisotopic (exact) mass is 669 g/mol. The van der Waals surface area contributed by atoms with Crippen LogP contribution in [0.5, 0.6) is 0 Å². The zero-order valence-corrected chi connectivity index (χ0v) is 29.1. The Hall–Kier alpha value is -6.42. The molecule has 0 N–H and O–H groups in total. The number of benzene rings is 8. The van der Waals surface area contributed by atoms with Crippen LogP contribution in [0.4, 0.5) is 17.1 Å². The molecule has 0 saturated heterocycles. The molecule has 0 aliphatic carbocycles. The van der Waals surface area contributed by atoms with Crippen molar-refractivity contribution in [2.75, 3.05) is 4.90 Å². The van der Waals surface area contributed by atoms with Gasteiger partial charge in [0.25, 0.3) is 0 Å². The fourth-order valence-electron chi connectivity index (χ4n) is 7.84. The van der Waals surface area contributed by atoms with Crippen molar-refractivity contribution >= 4 is 67.8 Å². The molecule has 9 rings (SSSR count). The van der Waals surface area contributed by atoms with E-state index in [9.17, 15) is 0 Å². The number of hydrogen-bond donors (Lipinski definition) is 0. The zero-order valence-electron chi connectivity index (χ0n) is 28.1. The van der Waals surface area contributed by atoms with E-state index in [0.717, 1.165) is 44.6 Å². The SMILES string of the molecule is c1ccc(-c2cccc3oc4cccc(N(c5ccccc5)c5cccc([Si](c6ccccc6)(c6ccccc6)c6ccccc6)c5)c4c23)cc1. The predicted molar refractivity (Wildman–Crippen MR) is 217 cm³/mol. The molecule has 0 aliphatic rings. The van der Waals surface area contributed by atoms with Gasteiger partial charge in [-0.3, -0.25) is 0 Å². The molecule has 1 aromatic heterocycles. The van der Waals surface area contributed by atoms with Gasteiger partial charge in [-0.15, -0.1) is 0 Å². The Labute approximate surface area is 299 Å². The average molecular weight is 670 g/mol. The Morgan fingerprint density at radius 3 is 1.39 bits per heavy atom. The molecule has 0 saturated carbocycles. The molecule has 0 atom stereocenters. The van der Waals surface area contributed by atoms with E-state index in [1.807, 2.05) is 0 Å². The summed E-state index contributed by atoms with van der Waals surface area (Å²) in [5.41, 5.74) is 7.32. The van der Waals surface area contributed by atoms with Crippen LogP contribution in [0.1, 0.15) is 0 Å². The van der Waals surface area contributed by atoms with Crippen molar-refractivity contribution in [2.24, 2.45) is 0 Å². The minimum Gasteiger partial charge on any atom is -0.456 e. The quantitative estimate of drug-likeness (QED) is 0.118. The van der Waals surface area contributed by atoms with Crippen LogP contribution < -0.4 is 25.6 Å². The van der Waals surface area contributed by atoms with E-state index in [-0.39, 0.29) is 0 Å². The Morgan fingerprint density at radius 1 is 0.353 bits per heavy atom. The van der Waals surface area contributed by atoms with Gasteiger partial charge in [-0.2, -0.15) is 0 Å². The highest BCUT2D eigenvalue weighted by atomic mass is 28.3. The number of nitrogens with zero attached hydrogens (tertiary/aromatic N) is 1. The summed E-state index contributed by atoms with van der Waals surface area (Å²) in [6.07, 6.45) is 0. The Morgan fingerprint density at radius 2 is 0.804 bits per heavy atom. The van der Waals surface area contributed by atoms with Crippen LogP contribution >= 0.6 is 0 Å². The van der Waals surface area contributed by atoms with Crippen LogP contribution in [-0.4, -0.2) is 8.07 Å². The number of fused-ring (bicyclic) bond motifs is 3. The summed E-state index contributed by atoms with van der Waals surface area (Å²) in [6, 6.07) is 76.7. The van der Waals surface area contributed by atoms with Gasteiger partial charge in [-0.05, 0) is 74.3 Å². The highest BCUT2D eigenvalue weighted by molar-refractivity contribution is 7.19. The van der Waals surface area contributed by atoms with E-state index >= 15 is 0 Å². The first-order chi connectivity index (χ1) is 25.3. The zero-order chi connectivity index (χ0) is 34.0. The van der Waals surface area contributed by atoms with E-state index in [0.29, 0.717) is 0 Å². The number of furan rings is 1. The van der Waals surface area contributed by atoms with Crippen LogP contribution in [0.2, 0.25) is 0 Å². The molecule has 0 spiro atoms. The van der Waals surface area contributed by atoms with Gasteiger partial charge < -0.3 is 9.32 Å². The van der Waals surface area contributed by atoms with E-state index in [2.05, 4.69) is 217 Å². The van der Waals surface area contributed by atoms with Crippen LogP contribution in [-0.2, 0) is 0 Å². The van der Waals surface area contributed by atoms with E-state index in [4.69, 9.17) is 4.42 Å². The summed E-state index contributed by atoms with van der Waals surface area (Å²) in [7, 11) is -2.76. The highest BCUT2D eigenvalue weighted by Crippen LogP contribution is 2.45. The molecule has 3 heteroatoms. The lowest BCUT2D eigenvalue weighted by atomic mass is 9.98. The van der Waals surface area contributed by atoms with Gasteiger partial charge in [0.15, 0.2) is 8.07 Å². The van der Waals surface area contributed by atoms with Crippen molar-refractivity contribution in [1.29, 1.82) is 0 Å². The van der Waals surface area contributed by atoms with Gasteiger partial charge in [0.2, 0.25) is 0 Å². The standard InChI is InChI=1S/C48H35NOSi/c1-6-19-36(20-7-1)43-31-17-33-45-47(43)48-44(32-18-34-46(48)50-45)49(37-21-8-2-9-22-37)38-23-16-30-42(35-38)51(39-24-10-3-11-25-39,40-26-12-4-13-27-40)41-28-14-5-15-29-41/h1-35H. The molecule has 8 aromatic carbocycles. The molecule has 0 amide bonds. The predicted octanol–water partition coefficient (Wildman–Crippen LogP) is 10.1. The van der Waals surface area contributed by atoms with Crippen LogP contribution in [0.3, 0.4) is 0 Å². The van der Waals surface area contributed by atoms with Gasteiger partial charge in [-0.1, -0.05) is 170 Å². The second kappa shape index (κ2) is 13.1. The smallest absolute Gasteiger partial charge is 0.179 e. The molecule has 2 nitrogen and oxygen atoms in total. The second-order valence-corrected chi connectivity index (χ2v) is 16.7. The fraction of sp³-hybridized carbons (Fsp3) is 0. The topological polar surface area (TPSA) is 16.4 Å². The molecule has 1 heterocycles. The summed E-state index contributed by atoms with van der Waals surface area (Å²) >= 11 is 0. The summed E-state index contributed by atoms with van der Waals surface area (Å²) in [4.78, 5) is 2.41. The van der Waals surface area contributed by atoms with Crippen molar-refractivity contribution < 1.29 is 4.42 Å². The molecule has 0 fully saturated rings. The van der Waals surface area contributed by atoms with Crippen molar-refractivity contribution in [2.45, 2.75) is 0 Å². The number of hydrogen-bond acceptors (Lipinski definition) is 2. The van der Waals surface area contributed by atoms with Crippen LogP contribution in [0.25, 0.3) is 33.1 Å². The number of para-hydroxylation sites is 1. The van der Waals surface area contributed by atoms with Crippen LogP contribution in [0, 0.1) is 0 Å². The molecule has 51 heavy (non-hydrogen) atoms. The second-order valence-electron chi connectivity index (χ2n) is 12.9. The first-order valence-electron chi connectivity index (χ1n) is 17.4. The molecular formula is C48H35NOSi. The summed E-state index contributed by atoms with van der Waals surface area (Å²) in [5, 5.41) is 7.58. The third kappa shape index (κ3) is 5.27. The van der Waals surface area contributed by atoms with Crippen molar-refractivity contribution in [3.63, 3.8) is 0 Å². The van der Waals surface area contributed by atoms with E-state index < -0.39 is 8.07 Å². The number of rotatable bonds is 8. The summed E-state index contributed by atoms with van der Waals surface area (Å²) in [5.74, 6) is 0. The highest BCUT2D eigenvalue weighted by Gasteiger charge is 2.41. The molecule has 9 aromatic rings. The third-order valence-electron chi connectivity index (χ3n) is 10.00. The molecule has 242 valence electrons. The summed E-state index contributed by atoms with van der Waals surface area (Å²) in [6.45, 7) is 0. The Bertz CT molecular complexity index is 2470. The molecular weight excluding hydrogens is 635 g/mol. The van der Waals surface area contributed by atoms with Gasteiger partial charge in [-0.25, -0.2) is 0 Å². The van der Waals surface area contributed by atoms with E-state index in [1.165, 1.54) is 26.3 Å². The maximum atomic E-state index is 6.61. The van der Waals surface area contributed by atoms with Crippen molar-refractivity contribution in [1.82, 2.24) is 0 Å². The average Bonchev–Trinajstić information content (AvgIpc) is 3.60. The first-order valence-corrected chi connectivity index (χ1v) is 19.4. The van der Waals surface area contributed by atoms with Gasteiger partial charge >= 0.3 is 0 Å². The van der Waals surface area contributed by atoms with Crippen LogP contribution in [0.15, 0.2) is 217 Å². The fourth-order valence-corrected chi connectivity index (χ4v) is 12.6. The van der Waals surface area contributed by atoms with Gasteiger partial charge in [0.05, 0.1) is 11.1 Å². The molecule has 0 aliphatic heterocycles. The minimum atomic E-state index is -2.76. The third-order valence-corrected chi connectivity index (χ3v) is 14.8. The maximum absolute atomic E-state index is 6.61. The normalized spacial score (nSPS) is 11.5. The van der Waals surface area contributed by atoms with E-state index in [1.54, 1.807) is 0 Å². The lowest BCUT2D eigenvalue weighted by molar-refractivity contribution is 0.669. The number of anilines is 3. The van der Waals surface area contributed by atoms with Gasteiger partial charge in [0.1, 0.15) is 11.2 Å². The maximum Gasteiger partial charge on any atom is 0.179 e. The van der Waals surface area contributed by atoms with Gasteiger partial charge in [0, 0.05) is 16.8 Å². The molecule has 0 unspecified atom stereocenters. The minimum absolute atomic E-state index is 0.865.